The van der Waals surface area contributed by atoms with Gasteiger partial charge >= 0.3 is 0 Å². The van der Waals surface area contributed by atoms with Crippen LogP contribution in [0.4, 0.5) is 15.9 Å². The molecule has 2 aromatic rings. The maximum absolute atomic E-state index is 13.1. The number of hydrogen-bond donors (Lipinski definition) is 1. The second-order valence-corrected chi connectivity index (χ2v) is 4.08. The van der Waals surface area contributed by atoms with Crippen LogP contribution in [-0.2, 0) is 0 Å². The van der Waals surface area contributed by atoms with Crippen LogP contribution in [0.1, 0.15) is 18.5 Å². The molecule has 1 aromatic carbocycles. The summed E-state index contributed by atoms with van der Waals surface area (Å²) in [6, 6.07) is 8.98. The van der Waals surface area contributed by atoms with Crippen molar-refractivity contribution in [2.24, 2.45) is 0 Å². The van der Waals surface area contributed by atoms with Gasteiger partial charge in [0.1, 0.15) is 17.8 Å². The van der Waals surface area contributed by atoms with E-state index in [1.54, 1.807) is 12.1 Å². The molecule has 0 amide bonds. The summed E-state index contributed by atoms with van der Waals surface area (Å²) >= 11 is 0. The number of aromatic nitrogens is 1. The zero-order valence-corrected chi connectivity index (χ0v) is 10.2. The summed E-state index contributed by atoms with van der Waals surface area (Å²) < 4.78 is 13.1. The highest BCUT2D eigenvalue weighted by atomic mass is 19.1. The first kappa shape index (κ1) is 12.9. The lowest BCUT2D eigenvalue weighted by molar-refractivity contribution is -0.385. The van der Waals surface area contributed by atoms with E-state index in [1.807, 2.05) is 6.92 Å². The summed E-state index contributed by atoms with van der Waals surface area (Å²) in [5, 5.41) is 13.5. The van der Waals surface area contributed by atoms with Gasteiger partial charge in [0.25, 0.3) is 5.69 Å². The van der Waals surface area contributed by atoms with E-state index in [4.69, 9.17) is 0 Å². The van der Waals surface area contributed by atoms with Crippen molar-refractivity contribution in [1.29, 1.82) is 0 Å². The van der Waals surface area contributed by atoms with Gasteiger partial charge in [0.2, 0.25) is 0 Å². The van der Waals surface area contributed by atoms with E-state index in [0.29, 0.717) is 5.82 Å². The van der Waals surface area contributed by atoms with Gasteiger partial charge < -0.3 is 5.32 Å². The molecule has 0 unspecified atom stereocenters. The van der Waals surface area contributed by atoms with Crippen LogP contribution in [0.5, 0.6) is 0 Å². The van der Waals surface area contributed by atoms with Gasteiger partial charge in [0.15, 0.2) is 0 Å². The third kappa shape index (κ3) is 3.25. The quantitative estimate of drug-likeness (QED) is 0.677. The number of rotatable bonds is 4. The molecule has 1 N–H and O–H groups in total. The van der Waals surface area contributed by atoms with Crippen molar-refractivity contribution >= 4 is 11.5 Å². The third-order valence-corrected chi connectivity index (χ3v) is 2.67. The molecule has 0 aliphatic carbocycles. The van der Waals surface area contributed by atoms with Crippen LogP contribution in [0, 0.1) is 15.9 Å². The average molecular weight is 261 g/mol. The topological polar surface area (TPSA) is 68.1 Å². The molecule has 1 atom stereocenters. The Kier molecular flexibility index (Phi) is 3.70. The Morgan fingerprint density at radius 2 is 2.16 bits per heavy atom. The van der Waals surface area contributed by atoms with Crippen molar-refractivity contribution in [2.75, 3.05) is 5.32 Å². The lowest BCUT2D eigenvalue weighted by atomic mass is 10.1. The van der Waals surface area contributed by atoms with Crippen molar-refractivity contribution < 1.29 is 9.31 Å². The van der Waals surface area contributed by atoms with E-state index < -0.39 is 4.92 Å². The number of hydrogen-bond acceptors (Lipinski definition) is 4. The van der Waals surface area contributed by atoms with Crippen LogP contribution in [0.15, 0.2) is 42.6 Å². The van der Waals surface area contributed by atoms with E-state index in [-0.39, 0.29) is 17.5 Å². The van der Waals surface area contributed by atoms with Gasteiger partial charge in [0, 0.05) is 6.07 Å². The lowest BCUT2D eigenvalue weighted by Crippen LogP contribution is -2.08. The predicted octanol–water partition coefficient (Wildman–Crippen LogP) is 3.30. The standard InChI is InChI=1S/C13H12FN3O2/c1-9(10-3-2-4-11(14)7-10)16-13-6-5-12(8-15-13)17(18)19/h2-9H,1H3,(H,15,16)/t9-/m0/s1. The molecule has 0 saturated heterocycles. The van der Waals surface area contributed by atoms with E-state index in [0.717, 1.165) is 5.56 Å². The molecule has 0 radical (unpaired) electrons. The molecule has 0 aliphatic heterocycles. The maximum Gasteiger partial charge on any atom is 0.287 e. The maximum atomic E-state index is 13.1. The Morgan fingerprint density at radius 1 is 1.37 bits per heavy atom. The van der Waals surface area contributed by atoms with Crippen molar-refractivity contribution in [3.63, 3.8) is 0 Å². The monoisotopic (exact) mass is 261 g/mol. The molecule has 0 spiro atoms. The van der Waals surface area contributed by atoms with Gasteiger partial charge in [-0.2, -0.15) is 0 Å². The fourth-order valence-corrected chi connectivity index (χ4v) is 1.66. The Morgan fingerprint density at radius 3 is 2.74 bits per heavy atom. The summed E-state index contributed by atoms with van der Waals surface area (Å²) in [5.74, 6) is 0.199. The zero-order valence-electron chi connectivity index (χ0n) is 10.2. The van der Waals surface area contributed by atoms with Crippen molar-refractivity contribution in [1.82, 2.24) is 4.98 Å². The highest BCUT2D eigenvalue weighted by Gasteiger charge is 2.09. The zero-order chi connectivity index (χ0) is 13.8. The first-order valence-corrected chi connectivity index (χ1v) is 5.68. The Balaban J connectivity index is 2.10. The molecule has 1 heterocycles. The van der Waals surface area contributed by atoms with Crippen LogP contribution >= 0.6 is 0 Å². The van der Waals surface area contributed by atoms with Crippen LogP contribution in [0.3, 0.4) is 0 Å². The molecule has 5 nitrogen and oxygen atoms in total. The van der Waals surface area contributed by atoms with Gasteiger partial charge in [0.05, 0.1) is 11.0 Å². The number of nitrogens with zero attached hydrogens (tertiary/aromatic N) is 2. The molecular weight excluding hydrogens is 249 g/mol. The summed E-state index contributed by atoms with van der Waals surface area (Å²) in [7, 11) is 0. The molecule has 0 bridgehead atoms. The minimum atomic E-state index is -0.507. The number of pyridine rings is 1. The van der Waals surface area contributed by atoms with Crippen LogP contribution < -0.4 is 5.32 Å². The number of halogens is 1. The molecule has 2 rings (SSSR count). The summed E-state index contributed by atoms with van der Waals surface area (Å²) in [6.45, 7) is 1.86. The Labute approximate surface area is 109 Å². The van der Waals surface area contributed by atoms with Crippen LogP contribution in [0.25, 0.3) is 0 Å². The Bertz CT molecular complexity index is 587. The molecule has 19 heavy (non-hydrogen) atoms. The summed E-state index contributed by atoms with van der Waals surface area (Å²) in [6.07, 6.45) is 1.18. The molecular formula is C13H12FN3O2. The van der Waals surface area contributed by atoms with E-state index in [1.165, 1.54) is 30.5 Å². The van der Waals surface area contributed by atoms with Gasteiger partial charge in [-0.25, -0.2) is 9.37 Å². The number of nitrogens with one attached hydrogen (secondary N) is 1. The smallest absolute Gasteiger partial charge is 0.287 e. The average Bonchev–Trinajstić information content (AvgIpc) is 2.39. The minimum Gasteiger partial charge on any atom is -0.364 e. The lowest BCUT2D eigenvalue weighted by Gasteiger charge is -2.14. The molecule has 0 saturated carbocycles. The number of nitro groups is 1. The normalized spacial score (nSPS) is 11.9. The first-order valence-electron chi connectivity index (χ1n) is 5.68. The van der Waals surface area contributed by atoms with E-state index >= 15 is 0 Å². The van der Waals surface area contributed by atoms with Gasteiger partial charge in [-0.1, -0.05) is 12.1 Å². The van der Waals surface area contributed by atoms with Crippen molar-refractivity contribution in [3.05, 3.63) is 64.1 Å². The second-order valence-electron chi connectivity index (χ2n) is 4.08. The third-order valence-electron chi connectivity index (χ3n) is 2.67. The molecule has 0 aliphatic rings. The molecule has 1 aromatic heterocycles. The Hall–Kier alpha value is -2.50. The first-order chi connectivity index (χ1) is 9.06. The van der Waals surface area contributed by atoms with E-state index in [2.05, 4.69) is 10.3 Å². The number of anilines is 1. The van der Waals surface area contributed by atoms with Gasteiger partial charge in [-0.3, -0.25) is 10.1 Å². The highest BCUT2D eigenvalue weighted by molar-refractivity contribution is 5.42. The SMILES string of the molecule is C[C@H](Nc1ccc([N+](=O)[O-])cn1)c1cccc(F)c1. The largest absolute Gasteiger partial charge is 0.364 e. The fourth-order valence-electron chi connectivity index (χ4n) is 1.66. The highest BCUT2D eigenvalue weighted by Crippen LogP contribution is 2.19. The summed E-state index contributed by atoms with van der Waals surface area (Å²) in [5.41, 5.74) is 0.712. The van der Waals surface area contributed by atoms with Crippen molar-refractivity contribution in [2.45, 2.75) is 13.0 Å². The number of benzene rings is 1. The fraction of sp³-hybridized carbons (Fsp3) is 0.154. The second kappa shape index (κ2) is 5.43. The molecule has 98 valence electrons. The predicted molar refractivity (Wildman–Crippen MR) is 69.3 cm³/mol. The van der Waals surface area contributed by atoms with Crippen LogP contribution in [0.2, 0.25) is 0 Å². The summed E-state index contributed by atoms with van der Waals surface area (Å²) in [4.78, 5) is 13.9. The van der Waals surface area contributed by atoms with Gasteiger partial charge in [-0.05, 0) is 30.7 Å². The van der Waals surface area contributed by atoms with E-state index in [9.17, 15) is 14.5 Å². The van der Waals surface area contributed by atoms with Crippen molar-refractivity contribution in [3.8, 4) is 0 Å². The van der Waals surface area contributed by atoms with Crippen LogP contribution in [-0.4, -0.2) is 9.91 Å². The molecule has 6 heteroatoms. The van der Waals surface area contributed by atoms with Gasteiger partial charge in [-0.15, -0.1) is 0 Å². The molecule has 0 fully saturated rings. The minimum absolute atomic E-state index is 0.0658.